The van der Waals surface area contributed by atoms with Crippen LogP contribution < -0.4 is 10.5 Å². The van der Waals surface area contributed by atoms with E-state index in [1.807, 2.05) is 0 Å². The van der Waals surface area contributed by atoms with Crippen molar-refractivity contribution in [2.75, 3.05) is 24.6 Å². The molecule has 1 saturated carbocycles. The lowest BCUT2D eigenvalue weighted by Crippen LogP contribution is -2.46. The Morgan fingerprint density at radius 1 is 1.32 bits per heavy atom. The minimum absolute atomic E-state index is 0.0827. The fraction of sp³-hybridized carbons (Fsp3) is 0.556. The molecule has 1 atom stereocenters. The van der Waals surface area contributed by atoms with Crippen molar-refractivity contribution in [1.82, 2.24) is 19.5 Å². The highest BCUT2D eigenvalue weighted by Gasteiger charge is 2.28. The molecule has 25 heavy (non-hydrogen) atoms. The number of anilines is 1. The second-order valence-corrected chi connectivity index (χ2v) is 6.90. The molecule has 2 fully saturated rings. The van der Waals surface area contributed by atoms with Gasteiger partial charge in [0.15, 0.2) is 0 Å². The number of aromatic nitrogens is 4. The first-order valence-corrected chi connectivity index (χ1v) is 8.92. The van der Waals surface area contributed by atoms with Gasteiger partial charge in [0.05, 0.1) is 24.1 Å². The van der Waals surface area contributed by atoms with Crippen LogP contribution in [0.25, 0.3) is 11.4 Å². The highest BCUT2D eigenvalue weighted by Crippen LogP contribution is 2.32. The molecule has 3 heterocycles. The lowest BCUT2D eigenvalue weighted by molar-refractivity contribution is 0.0152. The summed E-state index contributed by atoms with van der Waals surface area (Å²) in [6.45, 7) is 2.20. The van der Waals surface area contributed by atoms with E-state index >= 15 is 0 Å². The van der Waals surface area contributed by atoms with Crippen LogP contribution in [0.4, 0.5) is 5.95 Å². The summed E-state index contributed by atoms with van der Waals surface area (Å²) in [4.78, 5) is 27.4. The van der Waals surface area contributed by atoms with Crippen LogP contribution in [0.2, 0.25) is 0 Å². The molecule has 132 valence electrons. The van der Waals surface area contributed by atoms with E-state index in [9.17, 15) is 4.79 Å². The number of ether oxygens (including phenoxy) is 1. The van der Waals surface area contributed by atoms with Crippen molar-refractivity contribution in [3.8, 4) is 11.4 Å². The van der Waals surface area contributed by atoms with E-state index < -0.39 is 0 Å². The molecule has 1 aliphatic carbocycles. The Labute approximate surface area is 146 Å². The van der Waals surface area contributed by atoms with E-state index in [0.717, 1.165) is 25.4 Å². The fourth-order valence-electron chi connectivity index (χ4n) is 3.53. The van der Waals surface area contributed by atoms with Crippen molar-refractivity contribution >= 4 is 5.95 Å². The normalized spacial score (nSPS) is 21.2. The Morgan fingerprint density at radius 3 is 2.92 bits per heavy atom. The van der Waals surface area contributed by atoms with Crippen LogP contribution >= 0.6 is 0 Å². The number of rotatable bonds is 4. The zero-order chi connectivity index (χ0) is 17.2. The maximum Gasteiger partial charge on any atom is 0.255 e. The van der Waals surface area contributed by atoms with Gasteiger partial charge in [0.25, 0.3) is 5.56 Å². The third-order valence-corrected chi connectivity index (χ3v) is 5.20. The minimum Gasteiger partial charge on any atom is -0.375 e. The Bertz CT molecular complexity index is 788. The predicted octanol–water partition coefficient (Wildman–Crippen LogP) is 1.63. The van der Waals surface area contributed by atoms with Gasteiger partial charge in [-0.2, -0.15) is 0 Å². The molecule has 0 bridgehead atoms. The zero-order valence-corrected chi connectivity index (χ0v) is 14.5. The van der Waals surface area contributed by atoms with Crippen molar-refractivity contribution in [3.63, 3.8) is 0 Å². The SMILES string of the molecule is Cn1c(N2CCOC(CC3CCC3)C2)nc(-c2ccncn2)cc1=O. The fourth-order valence-corrected chi connectivity index (χ4v) is 3.53. The summed E-state index contributed by atoms with van der Waals surface area (Å²) in [7, 11) is 1.77. The first kappa shape index (κ1) is 16.2. The van der Waals surface area contributed by atoms with Gasteiger partial charge in [-0.3, -0.25) is 9.36 Å². The molecule has 2 aromatic rings. The first-order chi connectivity index (χ1) is 12.2. The lowest BCUT2D eigenvalue weighted by atomic mass is 9.81. The van der Waals surface area contributed by atoms with Crippen LogP contribution in [0.15, 0.2) is 29.5 Å². The van der Waals surface area contributed by atoms with Crippen LogP contribution in [0.5, 0.6) is 0 Å². The summed E-state index contributed by atoms with van der Waals surface area (Å²) in [5.41, 5.74) is 1.16. The molecule has 2 aromatic heterocycles. The summed E-state index contributed by atoms with van der Waals surface area (Å²) in [5, 5.41) is 0. The Kier molecular flexibility index (Phi) is 4.48. The number of hydrogen-bond donors (Lipinski definition) is 0. The third-order valence-electron chi connectivity index (χ3n) is 5.20. The standard InChI is InChI=1S/C18H23N5O2/c1-22-17(24)10-16(15-5-6-19-12-20-15)21-18(22)23-7-8-25-14(11-23)9-13-3-2-4-13/h5-6,10,12-14H,2-4,7-9,11H2,1H3. The summed E-state index contributed by atoms with van der Waals surface area (Å²) < 4.78 is 7.55. The van der Waals surface area contributed by atoms with Crippen molar-refractivity contribution in [2.45, 2.75) is 31.8 Å². The van der Waals surface area contributed by atoms with Crippen LogP contribution in [-0.4, -0.2) is 45.3 Å². The summed E-state index contributed by atoms with van der Waals surface area (Å²) in [6, 6.07) is 3.29. The van der Waals surface area contributed by atoms with E-state index in [4.69, 9.17) is 9.72 Å². The first-order valence-electron chi connectivity index (χ1n) is 8.92. The molecule has 0 spiro atoms. The van der Waals surface area contributed by atoms with E-state index in [1.165, 1.54) is 31.7 Å². The molecule has 7 heteroatoms. The van der Waals surface area contributed by atoms with E-state index in [1.54, 1.807) is 23.9 Å². The maximum atomic E-state index is 12.4. The summed E-state index contributed by atoms with van der Waals surface area (Å²) in [6.07, 6.45) is 8.44. The van der Waals surface area contributed by atoms with Gasteiger partial charge in [-0.15, -0.1) is 0 Å². The highest BCUT2D eigenvalue weighted by molar-refractivity contribution is 5.55. The maximum absolute atomic E-state index is 12.4. The van der Waals surface area contributed by atoms with Gasteiger partial charge in [0.1, 0.15) is 6.33 Å². The number of nitrogens with zero attached hydrogens (tertiary/aromatic N) is 5. The molecule has 2 aliphatic rings. The van der Waals surface area contributed by atoms with Crippen molar-refractivity contribution in [1.29, 1.82) is 0 Å². The molecule has 0 aromatic carbocycles. The summed E-state index contributed by atoms with van der Waals surface area (Å²) >= 11 is 0. The van der Waals surface area contributed by atoms with Gasteiger partial charge in [-0.05, 0) is 18.4 Å². The van der Waals surface area contributed by atoms with Crippen LogP contribution in [0, 0.1) is 5.92 Å². The van der Waals surface area contributed by atoms with Gasteiger partial charge in [-0.25, -0.2) is 15.0 Å². The van der Waals surface area contributed by atoms with Gasteiger partial charge < -0.3 is 9.64 Å². The largest absolute Gasteiger partial charge is 0.375 e. The lowest BCUT2D eigenvalue weighted by Gasteiger charge is -2.37. The molecule has 0 N–H and O–H groups in total. The quantitative estimate of drug-likeness (QED) is 0.842. The molecule has 1 saturated heterocycles. The van der Waals surface area contributed by atoms with Crippen molar-refractivity contribution < 1.29 is 4.74 Å². The average molecular weight is 341 g/mol. The van der Waals surface area contributed by atoms with Gasteiger partial charge >= 0.3 is 0 Å². The Morgan fingerprint density at radius 2 is 2.20 bits per heavy atom. The molecular weight excluding hydrogens is 318 g/mol. The Balaban J connectivity index is 1.60. The monoisotopic (exact) mass is 341 g/mol. The molecule has 7 nitrogen and oxygen atoms in total. The number of hydrogen-bond acceptors (Lipinski definition) is 6. The van der Waals surface area contributed by atoms with Crippen LogP contribution in [-0.2, 0) is 11.8 Å². The smallest absolute Gasteiger partial charge is 0.255 e. The van der Waals surface area contributed by atoms with E-state index in [-0.39, 0.29) is 11.7 Å². The predicted molar refractivity (Wildman–Crippen MR) is 94.4 cm³/mol. The molecular formula is C18H23N5O2. The number of morpholine rings is 1. The summed E-state index contributed by atoms with van der Waals surface area (Å²) in [5.74, 6) is 1.48. The van der Waals surface area contributed by atoms with Crippen molar-refractivity contribution in [3.05, 3.63) is 35.0 Å². The van der Waals surface area contributed by atoms with Gasteiger partial charge in [0.2, 0.25) is 5.95 Å². The van der Waals surface area contributed by atoms with Crippen LogP contribution in [0.1, 0.15) is 25.7 Å². The minimum atomic E-state index is -0.0827. The molecule has 0 amide bonds. The molecule has 1 unspecified atom stereocenters. The van der Waals surface area contributed by atoms with E-state index in [2.05, 4.69) is 14.9 Å². The topological polar surface area (TPSA) is 73.1 Å². The highest BCUT2D eigenvalue weighted by atomic mass is 16.5. The molecule has 1 aliphatic heterocycles. The third kappa shape index (κ3) is 3.42. The van der Waals surface area contributed by atoms with Crippen molar-refractivity contribution in [2.24, 2.45) is 13.0 Å². The van der Waals surface area contributed by atoms with Gasteiger partial charge in [0, 0.05) is 32.4 Å². The second-order valence-electron chi connectivity index (χ2n) is 6.90. The zero-order valence-electron chi connectivity index (χ0n) is 14.5. The second kappa shape index (κ2) is 6.92. The Hall–Kier alpha value is -2.28. The molecule has 0 radical (unpaired) electrons. The van der Waals surface area contributed by atoms with Gasteiger partial charge in [-0.1, -0.05) is 19.3 Å². The average Bonchev–Trinajstić information content (AvgIpc) is 2.61. The molecule has 4 rings (SSSR count). The van der Waals surface area contributed by atoms with E-state index in [0.29, 0.717) is 23.9 Å². The van der Waals surface area contributed by atoms with Crippen LogP contribution in [0.3, 0.4) is 0 Å².